The minimum atomic E-state index is -0.474. The lowest BCUT2D eigenvalue weighted by Gasteiger charge is -2.26. The zero-order valence-corrected chi connectivity index (χ0v) is 17.4. The molecule has 1 saturated carbocycles. The van der Waals surface area contributed by atoms with Crippen LogP contribution in [0.25, 0.3) is 0 Å². The lowest BCUT2D eigenvalue weighted by molar-refractivity contribution is -0.384. The first kappa shape index (κ1) is 21.7. The molecule has 0 saturated heterocycles. The summed E-state index contributed by atoms with van der Waals surface area (Å²) in [6.07, 6.45) is 6.88. The maximum absolute atomic E-state index is 11.4. The molecular weight excluding hydrogens is 386 g/mol. The van der Waals surface area contributed by atoms with Crippen LogP contribution in [-0.2, 0) is 6.54 Å². The summed E-state index contributed by atoms with van der Waals surface area (Å²) < 4.78 is 5.72. The Kier molecular flexibility index (Phi) is 7.34. The van der Waals surface area contributed by atoms with Crippen molar-refractivity contribution in [2.45, 2.75) is 58.2 Å². The highest BCUT2D eigenvalue weighted by Crippen LogP contribution is 2.27. The van der Waals surface area contributed by atoms with Crippen LogP contribution >= 0.6 is 0 Å². The maximum Gasteiger partial charge on any atom is 0.329 e. The Bertz CT molecular complexity index is 854. The molecule has 1 fully saturated rings. The average Bonchev–Trinajstić information content (AvgIpc) is 2.72. The average molecular weight is 415 g/mol. The minimum Gasteiger partial charge on any atom is -0.475 e. The van der Waals surface area contributed by atoms with E-state index in [-0.39, 0.29) is 23.7 Å². The van der Waals surface area contributed by atoms with Crippen LogP contribution in [0.2, 0.25) is 0 Å². The summed E-state index contributed by atoms with van der Waals surface area (Å²) in [6, 6.07) is 3.99. The molecule has 4 N–H and O–H groups in total. The Morgan fingerprint density at radius 2 is 2.03 bits per heavy atom. The van der Waals surface area contributed by atoms with E-state index in [0.717, 1.165) is 31.2 Å². The Morgan fingerprint density at radius 1 is 1.27 bits per heavy atom. The van der Waals surface area contributed by atoms with E-state index < -0.39 is 4.92 Å². The molecule has 0 atom stereocenters. The van der Waals surface area contributed by atoms with E-state index in [0.29, 0.717) is 30.8 Å². The summed E-state index contributed by atoms with van der Waals surface area (Å²) in [6.45, 7) is 4.87. The van der Waals surface area contributed by atoms with Crippen molar-refractivity contribution in [3.05, 3.63) is 40.2 Å². The lowest BCUT2D eigenvalue weighted by Crippen LogP contribution is -2.29. The van der Waals surface area contributed by atoms with E-state index >= 15 is 0 Å². The van der Waals surface area contributed by atoms with Crippen LogP contribution in [0.15, 0.2) is 24.5 Å². The quantitative estimate of drug-likeness (QED) is 0.416. The molecule has 10 heteroatoms. The SMILES string of the molecule is CC(C)Oc1ncccc1CNc1ncc([N+](=O)[O-])c(NCC2CCC(N)CC2)n1. The van der Waals surface area contributed by atoms with Gasteiger partial charge in [0.1, 0.15) is 6.20 Å². The molecule has 0 bridgehead atoms. The molecule has 0 spiro atoms. The molecule has 30 heavy (non-hydrogen) atoms. The van der Waals surface area contributed by atoms with Gasteiger partial charge in [-0.15, -0.1) is 0 Å². The molecule has 162 valence electrons. The van der Waals surface area contributed by atoms with Crippen LogP contribution in [0.5, 0.6) is 5.88 Å². The first-order chi connectivity index (χ1) is 14.4. The number of ether oxygens (including phenoxy) is 1. The fourth-order valence-electron chi connectivity index (χ4n) is 3.42. The zero-order chi connectivity index (χ0) is 21.5. The highest BCUT2D eigenvalue weighted by Gasteiger charge is 2.22. The van der Waals surface area contributed by atoms with Crippen molar-refractivity contribution in [2.24, 2.45) is 11.7 Å². The Labute approximate surface area is 175 Å². The van der Waals surface area contributed by atoms with Crippen LogP contribution in [0.3, 0.4) is 0 Å². The largest absolute Gasteiger partial charge is 0.475 e. The molecule has 0 aromatic carbocycles. The van der Waals surface area contributed by atoms with E-state index in [4.69, 9.17) is 10.5 Å². The molecule has 2 aromatic heterocycles. The third-order valence-electron chi connectivity index (χ3n) is 5.05. The lowest BCUT2D eigenvalue weighted by atomic mass is 9.86. The molecule has 2 heterocycles. The number of hydrogen-bond acceptors (Lipinski definition) is 9. The van der Waals surface area contributed by atoms with Gasteiger partial charge in [-0.05, 0) is 51.5 Å². The van der Waals surface area contributed by atoms with Gasteiger partial charge in [-0.25, -0.2) is 9.97 Å². The normalized spacial score (nSPS) is 18.8. The number of aromatic nitrogens is 3. The van der Waals surface area contributed by atoms with Gasteiger partial charge in [0.2, 0.25) is 17.6 Å². The van der Waals surface area contributed by atoms with Crippen molar-refractivity contribution >= 4 is 17.5 Å². The Balaban J connectivity index is 1.67. The van der Waals surface area contributed by atoms with E-state index in [1.165, 1.54) is 6.20 Å². The monoisotopic (exact) mass is 415 g/mol. The van der Waals surface area contributed by atoms with Crippen molar-refractivity contribution in [3.8, 4) is 5.88 Å². The number of nitrogens with two attached hydrogens (primary N) is 1. The highest BCUT2D eigenvalue weighted by molar-refractivity contribution is 5.57. The van der Waals surface area contributed by atoms with E-state index in [9.17, 15) is 10.1 Å². The van der Waals surface area contributed by atoms with Crippen molar-refractivity contribution < 1.29 is 9.66 Å². The predicted octanol–water partition coefficient (Wildman–Crippen LogP) is 3.11. The number of anilines is 2. The fraction of sp³-hybridized carbons (Fsp3) is 0.550. The van der Waals surface area contributed by atoms with Gasteiger partial charge in [-0.1, -0.05) is 6.07 Å². The van der Waals surface area contributed by atoms with Gasteiger partial charge < -0.3 is 21.1 Å². The molecule has 2 aromatic rings. The van der Waals surface area contributed by atoms with Gasteiger partial charge in [0.05, 0.1) is 11.0 Å². The molecule has 0 unspecified atom stereocenters. The zero-order valence-electron chi connectivity index (χ0n) is 17.4. The maximum atomic E-state index is 11.4. The summed E-state index contributed by atoms with van der Waals surface area (Å²) in [7, 11) is 0. The third-order valence-corrected chi connectivity index (χ3v) is 5.05. The van der Waals surface area contributed by atoms with Gasteiger partial charge in [0.15, 0.2) is 0 Å². The van der Waals surface area contributed by atoms with Gasteiger partial charge in [-0.2, -0.15) is 4.98 Å². The smallest absolute Gasteiger partial charge is 0.329 e. The number of nitrogens with one attached hydrogen (secondary N) is 2. The third kappa shape index (κ3) is 5.99. The molecule has 1 aliphatic rings. The minimum absolute atomic E-state index is 0.000542. The number of nitro groups is 1. The van der Waals surface area contributed by atoms with E-state index in [2.05, 4.69) is 25.6 Å². The van der Waals surface area contributed by atoms with Crippen LogP contribution in [0.4, 0.5) is 17.5 Å². The number of rotatable bonds is 9. The second kappa shape index (κ2) is 10.1. The van der Waals surface area contributed by atoms with Crippen LogP contribution < -0.4 is 21.1 Å². The Hall–Kier alpha value is -3.01. The molecule has 0 amide bonds. The summed E-state index contributed by atoms with van der Waals surface area (Å²) >= 11 is 0. The first-order valence-corrected chi connectivity index (χ1v) is 10.3. The van der Waals surface area contributed by atoms with Crippen LogP contribution in [0.1, 0.15) is 45.1 Å². The summed E-state index contributed by atoms with van der Waals surface area (Å²) in [5, 5.41) is 17.6. The second-order valence-electron chi connectivity index (χ2n) is 7.83. The van der Waals surface area contributed by atoms with Gasteiger partial charge in [0.25, 0.3) is 0 Å². The molecule has 1 aliphatic carbocycles. The van der Waals surface area contributed by atoms with E-state index in [1.807, 2.05) is 26.0 Å². The molecule has 0 aliphatic heterocycles. The molecule has 0 radical (unpaired) electrons. The predicted molar refractivity (Wildman–Crippen MR) is 114 cm³/mol. The topological polar surface area (TPSA) is 141 Å². The number of hydrogen-bond donors (Lipinski definition) is 3. The standard InChI is InChI=1S/C20H29N7O3/c1-13(2)30-19-15(4-3-9-22-19)11-24-20-25-12-17(27(28)29)18(26-20)23-10-14-5-7-16(21)8-6-14/h3-4,9,12-14,16H,5-8,10-11,21H2,1-2H3,(H2,23,24,25,26). The second-order valence-corrected chi connectivity index (χ2v) is 7.83. The van der Waals surface area contributed by atoms with Gasteiger partial charge >= 0.3 is 5.69 Å². The van der Waals surface area contributed by atoms with Crippen LogP contribution in [-0.4, -0.2) is 38.6 Å². The molecular formula is C20H29N7O3. The highest BCUT2D eigenvalue weighted by atomic mass is 16.6. The van der Waals surface area contributed by atoms with Crippen molar-refractivity contribution in [3.63, 3.8) is 0 Å². The van der Waals surface area contributed by atoms with Gasteiger partial charge in [-0.3, -0.25) is 10.1 Å². The summed E-state index contributed by atoms with van der Waals surface area (Å²) in [4.78, 5) is 23.6. The van der Waals surface area contributed by atoms with Crippen molar-refractivity contribution in [1.82, 2.24) is 15.0 Å². The number of nitrogens with zero attached hydrogens (tertiary/aromatic N) is 4. The van der Waals surface area contributed by atoms with Crippen LogP contribution in [0, 0.1) is 16.0 Å². The summed E-state index contributed by atoms with van der Waals surface area (Å²) in [5.74, 6) is 1.49. The summed E-state index contributed by atoms with van der Waals surface area (Å²) in [5.41, 5.74) is 6.66. The van der Waals surface area contributed by atoms with Crippen molar-refractivity contribution in [1.29, 1.82) is 0 Å². The number of pyridine rings is 1. The van der Waals surface area contributed by atoms with E-state index in [1.54, 1.807) is 6.20 Å². The van der Waals surface area contributed by atoms with Gasteiger partial charge in [0, 0.05) is 30.9 Å². The van der Waals surface area contributed by atoms with Crippen molar-refractivity contribution in [2.75, 3.05) is 17.2 Å². The molecule has 3 rings (SSSR count). The first-order valence-electron chi connectivity index (χ1n) is 10.3. The fourth-order valence-corrected chi connectivity index (χ4v) is 3.42. The molecule has 10 nitrogen and oxygen atoms in total. The Morgan fingerprint density at radius 3 is 2.73 bits per heavy atom.